The lowest BCUT2D eigenvalue weighted by Crippen LogP contribution is -2.30. The summed E-state index contributed by atoms with van der Waals surface area (Å²) in [5, 5.41) is 3.51. The maximum atomic E-state index is 3.51. The highest BCUT2D eigenvalue weighted by Gasteiger charge is 2.51. The van der Waals surface area contributed by atoms with Crippen molar-refractivity contribution in [2.75, 3.05) is 7.05 Å². The van der Waals surface area contributed by atoms with Crippen LogP contribution in [0.25, 0.3) is 0 Å². The molecule has 0 radical (unpaired) electrons. The van der Waals surface area contributed by atoms with E-state index in [2.05, 4.69) is 36.4 Å². The molecule has 1 atom stereocenters. The first kappa shape index (κ1) is 8.54. The van der Waals surface area contributed by atoms with E-state index in [1.54, 1.807) is 11.1 Å². The highest BCUT2D eigenvalue weighted by molar-refractivity contribution is 5.34. The van der Waals surface area contributed by atoms with Crippen LogP contribution < -0.4 is 5.32 Å². The van der Waals surface area contributed by atoms with E-state index in [9.17, 15) is 0 Å². The van der Waals surface area contributed by atoms with Crippen LogP contribution in [0.3, 0.4) is 0 Å². The van der Waals surface area contributed by atoms with E-state index in [1.165, 1.54) is 25.7 Å². The number of nitrogens with zero attached hydrogens (tertiary/aromatic N) is 1. The Labute approximate surface area is 85.3 Å². The van der Waals surface area contributed by atoms with Crippen molar-refractivity contribution in [2.45, 2.75) is 31.7 Å². The van der Waals surface area contributed by atoms with Gasteiger partial charge in [-0.3, -0.25) is 0 Å². The molecule has 1 unspecified atom stereocenters. The predicted molar refractivity (Wildman–Crippen MR) is 57.2 cm³/mol. The average molecular weight is 190 g/mol. The van der Waals surface area contributed by atoms with Gasteiger partial charge >= 0.3 is 0 Å². The summed E-state index contributed by atoms with van der Waals surface area (Å²) in [5.41, 5.74) is 3.74. The topological polar surface area (TPSA) is 17.0 Å². The minimum atomic E-state index is 0.618. The maximum absolute atomic E-state index is 3.51. The molecule has 1 spiro atoms. The zero-order valence-corrected chi connectivity index (χ0v) is 9.01. The van der Waals surface area contributed by atoms with Crippen LogP contribution in [0.1, 0.15) is 36.4 Å². The molecular formula is C12H18N2. The van der Waals surface area contributed by atoms with E-state index >= 15 is 0 Å². The fraction of sp³-hybridized carbons (Fsp3) is 0.667. The van der Waals surface area contributed by atoms with E-state index in [1.807, 2.05) is 0 Å². The molecule has 2 aliphatic carbocycles. The lowest BCUT2D eigenvalue weighted by atomic mass is 9.79. The summed E-state index contributed by atoms with van der Waals surface area (Å²) in [5.74, 6) is 0. The third-order valence-electron chi connectivity index (χ3n) is 4.07. The Kier molecular flexibility index (Phi) is 1.61. The van der Waals surface area contributed by atoms with Crippen molar-refractivity contribution in [3.8, 4) is 0 Å². The smallest absolute Gasteiger partial charge is 0.0392 e. The molecule has 0 saturated heterocycles. The lowest BCUT2D eigenvalue weighted by molar-refractivity contribution is 0.314. The first-order chi connectivity index (χ1) is 6.75. The largest absolute Gasteiger partial charge is 0.357 e. The molecule has 2 aliphatic rings. The van der Waals surface area contributed by atoms with Crippen LogP contribution in [-0.2, 0) is 13.5 Å². The zero-order valence-electron chi connectivity index (χ0n) is 9.01. The van der Waals surface area contributed by atoms with Crippen LogP contribution in [0, 0.1) is 5.41 Å². The van der Waals surface area contributed by atoms with Crippen molar-refractivity contribution in [2.24, 2.45) is 12.5 Å². The summed E-state index contributed by atoms with van der Waals surface area (Å²) >= 11 is 0. The Morgan fingerprint density at radius 1 is 1.36 bits per heavy atom. The van der Waals surface area contributed by atoms with Crippen LogP contribution in [0.2, 0.25) is 0 Å². The molecule has 1 fully saturated rings. The SMILES string of the molecule is CNC1c2cn(C)cc2CCC12CC2. The Morgan fingerprint density at radius 3 is 2.79 bits per heavy atom. The van der Waals surface area contributed by atoms with Crippen LogP contribution >= 0.6 is 0 Å². The number of nitrogens with one attached hydrogen (secondary N) is 1. The third-order valence-corrected chi connectivity index (χ3v) is 4.07. The first-order valence-electron chi connectivity index (χ1n) is 5.57. The van der Waals surface area contributed by atoms with Crippen molar-refractivity contribution < 1.29 is 0 Å². The van der Waals surface area contributed by atoms with Crippen LogP contribution in [-0.4, -0.2) is 11.6 Å². The minimum absolute atomic E-state index is 0.618. The summed E-state index contributed by atoms with van der Waals surface area (Å²) in [4.78, 5) is 0. The first-order valence-corrected chi connectivity index (χ1v) is 5.57. The van der Waals surface area contributed by atoms with Gasteiger partial charge in [-0.15, -0.1) is 0 Å². The summed E-state index contributed by atoms with van der Waals surface area (Å²) in [7, 11) is 4.23. The van der Waals surface area contributed by atoms with Gasteiger partial charge in [0.15, 0.2) is 0 Å². The highest BCUT2D eigenvalue weighted by Crippen LogP contribution is 2.60. The second-order valence-corrected chi connectivity index (χ2v) is 4.99. The van der Waals surface area contributed by atoms with Gasteiger partial charge in [0.05, 0.1) is 0 Å². The van der Waals surface area contributed by atoms with Crippen LogP contribution in [0.15, 0.2) is 12.4 Å². The van der Waals surface area contributed by atoms with E-state index in [0.29, 0.717) is 11.5 Å². The summed E-state index contributed by atoms with van der Waals surface area (Å²) in [6.45, 7) is 0. The number of hydrogen-bond acceptors (Lipinski definition) is 1. The van der Waals surface area contributed by atoms with Gasteiger partial charge in [0, 0.05) is 25.5 Å². The van der Waals surface area contributed by atoms with Gasteiger partial charge < -0.3 is 9.88 Å². The fourth-order valence-electron chi connectivity index (χ4n) is 3.15. The molecule has 1 heterocycles. The molecule has 1 N–H and O–H groups in total. The standard InChI is InChI=1S/C12H18N2/c1-13-11-10-8-14(2)7-9(10)3-4-12(11)5-6-12/h7-8,11,13H,3-6H2,1-2H3. The van der Waals surface area contributed by atoms with Crippen molar-refractivity contribution >= 4 is 0 Å². The van der Waals surface area contributed by atoms with Crippen LogP contribution in [0.5, 0.6) is 0 Å². The average Bonchev–Trinajstić information content (AvgIpc) is 2.82. The van der Waals surface area contributed by atoms with E-state index in [-0.39, 0.29) is 0 Å². The summed E-state index contributed by atoms with van der Waals surface area (Å²) in [6.07, 6.45) is 10.1. The highest BCUT2D eigenvalue weighted by atomic mass is 15.0. The summed E-state index contributed by atoms with van der Waals surface area (Å²) < 4.78 is 2.20. The normalized spacial score (nSPS) is 27.7. The predicted octanol–water partition coefficient (Wildman–Crippen LogP) is 2.01. The molecule has 76 valence electrons. The maximum Gasteiger partial charge on any atom is 0.0392 e. The molecule has 3 rings (SSSR count). The van der Waals surface area contributed by atoms with Gasteiger partial charge in [-0.1, -0.05) is 0 Å². The number of hydrogen-bond donors (Lipinski definition) is 1. The molecule has 0 aliphatic heterocycles. The van der Waals surface area contributed by atoms with Gasteiger partial charge in [-0.2, -0.15) is 0 Å². The van der Waals surface area contributed by atoms with Crippen molar-refractivity contribution in [1.29, 1.82) is 0 Å². The Bertz CT molecular complexity index is 360. The van der Waals surface area contributed by atoms with Crippen LogP contribution in [0.4, 0.5) is 0 Å². The van der Waals surface area contributed by atoms with Gasteiger partial charge in [0.25, 0.3) is 0 Å². The molecular weight excluding hydrogens is 172 g/mol. The van der Waals surface area contributed by atoms with Gasteiger partial charge in [-0.05, 0) is 49.3 Å². The number of rotatable bonds is 1. The van der Waals surface area contributed by atoms with Gasteiger partial charge in [0.1, 0.15) is 0 Å². The van der Waals surface area contributed by atoms with E-state index < -0.39 is 0 Å². The van der Waals surface area contributed by atoms with Crippen molar-refractivity contribution in [3.05, 3.63) is 23.5 Å². The van der Waals surface area contributed by atoms with Gasteiger partial charge in [-0.25, -0.2) is 0 Å². The lowest BCUT2D eigenvalue weighted by Gasteiger charge is -2.31. The number of aryl methyl sites for hydroxylation is 2. The molecule has 1 aromatic rings. The molecule has 14 heavy (non-hydrogen) atoms. The minimum Gasteiger partial charge on any atom is -0.357 e. The summed E-state index contributed by atoms with van der Waals surface area (Å²) in [6, 6.07) is 0.618. The molecule has 0 bridgehead atoms. The molecule has 0 amide bonds. The Hall–Kier alpha value is -0.760. The fourth-order valence-corrected chi connectivity index (χ4v) is 3.15. The third kappa shape index (κ3) is 1.01. The quantitative estimate of drug-likeness (QED) is 0.717. The number of aromatic nitrogens is 1. The second-order valence-electron chi connectivity index (χ2n) is 4.99. The van der Waals surface area contributed by atoms with Gasteiger partial charge in [0.2, 0.25) is 0 Å². The van der Waals surface area contributed by atoms with Crippen molar-refractivity contribution in [1.82, 2.24) is 9.88 Å². The molecule has 1 saturated carbocycles. The molecule has 2 heteroatoms. The molecule has 2 nitrogen and oxygen atoms in total. The Balaban J connectivity index is 2.05. The Morgan fingerprint density at radius 2 is 2.14 bits per heavy atom. The van der Waals surface area contributed by atoms with Crippen molar-refractivity contribution in [3.63, 3.8) is 0 Å². The van der Waals surface area contributed by atoms with E-state index in [4.69, 9.17) is 0 Å². The zero-order chi connectivity index (χ0) is 9.76. The molecule has 0 aromatic carbocycles. The number of fused-ring (bicyclic) bond motifs is 1. The monoisotopic (exact) mass is 190 g/mol. The second kappa shape index (κ2) is 2.63. The van der Waals surface area contributed by atoms with E-state index in [0.717, 1.165) is 0 Å². The molecule has 1 aromatic heterocycles.